The minimum atomic E-state index is 0. The van der Waals surface area contributed by atoms with Crippen LogP contribution in [-0.4, -0.2) is 14.1 Å². The normalized spacial score (nSPS) is 3.43. The van der Waals surface area contributed by atoms with Crippen molar-refractivity contribution in [1.29, 1.82) is 0 Å². The van der Waals surface area contributed by atoms with Crippen LogP contribution in [0.15, 0.2) is 0 Å². The monoisotopic (exact) mass is 147 g/mol. The highest BCUT2D eigenvalue weighted by atomic mass is 35.5. The highest BCUT2D eigenvalue weighted by molar-refractivity contribution is 5.85. The Morgan fingerprint density at radius 3 is 0.857 bits per heavy atom. The Bertz CT molecular complexity index is 9.65. The van der Waals surface area contributed by atoms with E-state index in [1.165, 1.54) is 0 Å². The molecule has 0 saturated heterocycles. The van der Waals surface area contributed by atoms with Gasteiger partial charge in [0, 0.05) is 0 Å². The lowest BCUT2D eigenvalue weighted by Crippen LogP contribution is -1.89. The zero-order chi connectivity index (χ0) is 4.71. The van der Waals surface area contributed by atoms with E-state index < -0.39 is 0 Å². The van der Waals surface area contributed by atoms with Crippen LogP contribution in [0.1, 0.15) is 13.8 Å². The van der Waals surface area contributed by atoms with Crippen molar-refractivity contribution in [3.05, 3.63) is 0 Å². The Kier molecular flexibility index (Phi) is 311. The lowest BCUT2D eigenvalue weighted by molar-refractivity contribution is 1.02. The van der Waals surface area contributed by atoms with E-state index >= 15 is 0 Å². The molecule has 50 valence electrons. The quantitative estimate of drug-likeness (QED) is 0.551. The fraction of sp³-hybridized carbons (Fsp3) is 1.00. The van der Waals surface area contributed by atoms with Gasteiger partial charge in [0.1, 0.15) is 0 Å². The summed E-state index contributed by atoms with van der Waals surface area (Å²) in [4.78, 5) is 0. The predicted octanol–water partition coefficient (Wildman–Crippen LogP) is 1.71. The van der Waals surface area contributed by atoms with E-state index in [-0.39, 0.29) is 24.8 Å². The van der Waals surface area contributed by atoms with E-state index in [1.807, 2.05) is 27.9 Å². The highest BCUT2D eigenvalue weighted by Gasteiger charge is 1.25. The standard InChI is InChI=1S/C2H7N.C2H6.2ClH/c1-3-2;1-2;;/h3H,1-2H3;1-2H3;2*1H. The van der Waals surface area contributed by atoms with Gasteiger partial charge in [-0.2, -0.15) is 0 Å². The van der Waals surface area contributed by atoms with Crippen molar-refractivity contribution in [3.63, 3.8) is 0 Å². The fourth-order valence-corrected chi connectivity index (χ4v) is 0. The smallest absolute Gasteiger partial charge is 0.0167 e. The fourth-order valence-electron chi connectivity index (χ4n) is 0. The van der Waals surface area contributed by atoms with E-state index in [4.69, 9.17) is 0 Å². The second-order valence-corrected chi connectivity index (χ2v) is 0.500. The van der Waals surface area contributed by atoms with E-state index in [0.717, 1.165) is 0 Å². The second-order valence-electron chi connectivity index (χ2n) is 0.500. The number of nitrogens with one attached hydrogen (secondary N) is 1. The first-order valence-electron chi connectivity index (χ1n) is 2.00. The molecule has 1 nitrogen and oxygen atoms in total. The third-order valence-corrected chi connectivity index (χ3v) is 0. The van der Waals surface area contributed by atoms with Gasteiger partial charge in [-0.1, -0.05) is 13.8 Å². The first kappa shape index (κ1) is 25.7. The number of hydrogen-bond acceptors (Lipinski definition) is 1. The molecule has 0 radical (unpaired) electrons. The Hall–Kier alpha value is 0.540. The SMILES string of the molecule is CC.CNC.Cl.Cl. The number of rotatable bonds is 0. The average Bonchev–Trinajstić information content (AvgIpc) is 1.46. The van der Waals surface area contributed by atoms with Crippen LogP contribution in [0.2, 0.25) is 0 Å². The minimum Gasteiger partial charge on any atom is -0.323 e. The third kappa shape index (κ3) is 462. The molecule has 0 rings (SSSR count). The molecule has 0 aliphatic rings. The molecule has 1 N–H and O–H groups in total. The molecule has 0 aromatic heterocycles. The molecule has 7 heavy (non-hydrogen) atoms. The molecule has 0 aliphatic carbocycles. The summed E-state index contributed by atoms with van der Waals surface area (Å²) in [6.07, 6.45) is 0. The summed E-state index contributed by atoms with van der Waals surface area (Å²) in [6.45, 7) is 4.00. The Morgan fingerprint density at radius 1 is 0.857 bits per heavy atom. The van der Waals surface area contributed by atoms with E-state index in [2.05, 4.69) is 5.32 Å². The molecule has 0 aromatic carbocycles. The Balaban J connectivity index is -0.0000000105. The zero-order valence-corrected chi connectivity index (χ0v) is 6.95. The first-order chi connectivity index (χ1) is 2.41. The summed E-state index contributed by atoms with van der Waals surface area (Å²) in [6, 6.07) is 0. The summed E-state index contributed by atoms with van der Waals surface area (Å²) in [7, 11) is 3.75. The maximum Gasteiger partial charge on any atom is -0.0167 e. The molecule has 0 amide bonds. The van der Waals surface area contributed by atoms with Crippen molar-refractivity contribution in [2.45, 2.75) is 13.8 Å². The van der Waals surface area contributed by atoms with Gasteiger partial charge in [0.05, 0.1) is 0 Å². The van der Waals surface area contributed by atoms with Crippen molar-refractivity contribution in [1.82, 2.24) is 5.32 Å². The molecule has 0 bridgehead atoms. The van der Waals surface area contributed by atoms with Crippen LogP contribution in [-0.2, 0) is 0 Å². The van der Waals surface area contributed by atoms with Crippen molar-refractivity contribution in [2.24, 2.45) is 0 Å². The molecule has 0 atom stereocenters. The van der Waals surface area contributed by atoms with Crippen molar-refractivity contribution >= 4 is 24.8 Å². The van der Waals surface area contributed by atoms with Gasteiger partial charge in [-0.05, 0) is 14.1 Å². The molecule has 0 aromatic rings. The molecule has 0 fully saturated rings. The van der Waals surface area contributed by atoms with Crippen LogP contribution in [0.4, 0.5) is 0 Å². The van der Waals surface area contributed by atoms with Crippen molar-refractivity contribution < 1.29 is 0 Å². The van der Waals surface area contributed by atoms with Gasteiger partial charge in [-0.25, -0.2) is 0 Å². The van der Waals surface area contributed by atoms with Gasteiger partial charge in [0.15, 0.2) is 0 Å². The maximum atomic E-state index is 2.75. The van der Waals surface area contributed by atoms with Gasteiger partial charge >= 0.3 is 0 Å². The molecule has 0 saturated carbocycles. The van der Waals surface area contributed by atoms with Crippen LogP contribution in [0.5, 0.6) is 0 Å². The lowest BCUT2D eigenvalue weighted by Gasteiger charge is -1.59. The Morgan fingerprint density at radius 2 is 0.857 bits per heavy atom. The summed E-state index contributed by atoms with van der Waals surface area (Å²) in [5.74, 6) is 0. The summed E-state index contributed by atoms with van der Waals surface area (Å²) in [5.41, 5.74) is 0. The van der Waals surface area contributed by atoms with Crippen LogP contribution in [0, 0.1) is 0 Å². The number of hydrogen-bond donors (Lipinski definition) is 1. The number of halogens is 2. The molecule has 0 aliphatic heterocycles. The Labute approximate surface area is 58.7 Å². The van der Waals surface area contributed by atoms with E-state index in [0.29, 0.717) is 0 Å². The third-order valence-electron chi connectivity index (χ3n) is 0. The first-order valence-corrected chi connectivity index (χ1v) is 2.00. The largest absolute Gasteiger partial charge is 0.323 e. The summed E-state index contributed by atoms with van der Waals surface area (Å²) < 4.78 is 0. The van der Waals surface area contributed by atoms with Gasteiger partial charge in [-0.15, -0.1) is 24.8 Å². The lowest BCUT2D eigenvalue weighted by atomic mass is 11.0. The average molecular weight is 148 g/mol. The summed E-state index contributed by atoms with van der Waals surface area (Å²) >= 11 is 0. The maximum absolute atomic E-state index is 2.75. The van der Waals surface area contributed by atoms with Gasteiger partial charge in [0.2, 0.25) is 0 Å². The van der Waals surface area contributed by atoms with E-state index in [1.54, 1.807) is 0 Å². The molecular formula is C4H15Cl2N. The van der Waals surface area contributed by atoms with Crippen LogP contribution >= 0.6 is 24.8 Å². The molecular weight excluding hydrogens is 133 g/mol. The van der Waals surface area contributed by atoms with E-state index in [9.17, 15) is 0 Å². The second kappa shape index (κ2) is 84.6. The van der Waals surface area contributed by atoms with Crippen molar-refractivity contribution in [3.8, 4) is 0 Å². The van der Waals surface area contributed by atoms with Crippen molar-refractivity contribution in [2.75, 3.05) is 14.1 Å². The van der Waals surface area contributed by atoms with Crippen LogP contribution in [0.25, 0.3) is 0 Å². The zero-order valence-electron chi connectivity index (χ0n) is 5.32. The highest BCUT2D eigenvalue weighted by Crippen LogP contribution is 1.14. The van der Waals surface area contributed by atoms with Gasteiger partial charge in [-0.3, -0.25) is 0 Å². The molecule has 0 spiro atoms. The molecule has 3 heteroatoms. The minimum absolute atomic E-state index is 0. The van der Waals surface area contributed by atoms with Gasteiger partial charge < -0.3 is 5.32 Å². The topological polar surface area (TPSA) is 12.0 Å². The summed E-state index contributed by atoms with van der Waals surface area (Å²) in [5, 5.41) is 2.75. The molecule has 0 heterocycles. The van der Waals surface area contributed by atoms with Crippen LogP contribution in [0.3, 0.4) is 0 Å². The van der Waals surface area contributed by atoms with Crippen LogP contribution < -0.4 is 5.32 Å². The molecule has 0 unspecified atom stereocenters. The van der Waals surface area contributed by atoms with Gasteiger partial charge in [0.25, 0.3) is 0 Å². The predicted molar refractivity (Wildman–Crippen MR) is 40.8 cm³/mol.